The number of amides is 1. The molecule has 0 saturated carbocycles. The fourth-order valence-corrected chi connectivity index (χ4v) is 3.72. The molecular weight excluding hydrogens is 394 g/mol. The molecular formula is C24H27N3O4. The summed E-state index contributed by atoms with van der Waals surface area (Å²) in [5, 5.41) is 0. The van der Waals surface area contributed by atoms with Gasteiger partial charge in [0.2, 0.25) is 0 Å². The molecule has 7 nitrogen and oxygen atoms in total. The fourth-order valence-electron chi connectivity index (χ4n) is 3.72. The van der Waals surface area contributed by atoms with Crippen molar-refractivity contribution in [2.45, 2.75) is 20.0 Å². The van der Waals surface area contributed by atoms with E-state index in [4.69, 9.17) is 9.15 Å². The number of aromatic nitrogens is 1. The molecule has 1 aliphatic rings. The van der Waals surface area contributed by atoms with Gasteiger partial charge in [-0.25, -0.2) is 0 Å². The van der Waals surface area contributed by atoms with Gasteiger partial charge in [0.1, 0.15) is 11.5 Å². The molecule has 0 radical (unpaired) electrons. The number of ether oxygens (including phenoxy) is 1. The highest BCUT2D eigenvalue weighted by atomic mass is 16.5. The van der Waals surface area contributed by atoms with Crippen molar-refractivity contribution in [3.63, 3.8) is 0 Å². The van der Waals surface area contributed by atoms with Gasteiger partial charge in [0.25, 0.3) is 11.5 Å². The summed E-state index contributed by atoms with van der Waals surface area (Å²) in [4.78, 5) is 28.8. The van der Waals surface area contributed by atoms with Crippen LogP contribution in [0, 0.1) is 0 Å². The third-order valence-corrected chi connectivity index (χ3v) is 5.40. The highest BCUT2D eigenvalue weighted by molar-refractivity contribution is 5.91. The first kappa shape index (κ1) is 20.9. The van der Waals surface area contributed by atoms with E-state index in [-0.39, 0.29) is 11.5 Å². The van der Waals surface area contributed by atoms with Crippen LogP contribution in [0.15, 0.2) is 70.0 Å². The Morgan fingerprint density at radius 2 is 1.74 bits per heavy atom. The van der Waals surface area contributed by atoms with Crippen LogP contribution >= 0.6 is 0 Å². The zero-order valence-corrected chi connectivity index (χ0v) is 17.7. The van der Waals surface area contributed by atoms with E-state index in [0.717, 1.165) is 25.4 Å². The number of nitrogens with zero attached hydrogens (tertiary/aromatic N) is 3. The number of carbonyl (C=O) groups excluding carboxylic acids is 1. The molecule has 0 aliphatic carbocycles. The lowest BCUT2D eigenvalue weighted by Crippen LogP contribution is -2.48. The van der Waals surface area contributed by atoms with Crippen LogP contribution in [-0.4, -0.2) is 53.1 Å². The van der Waals surface area contributed by atoms with E-state index in [1.165, 1.54) is 11.6 Å². The molecule has 0 spiro atoms. The zero-order valence-electron chi connectivity index (χ0n) is 17.7. The largest absolute Gasteiger partial charge is 0.494 e. The van der Waals surface area contributed by atoms with E-state index < -0.39 is 0 Å². The second kappa shape index (κ2) is 9.66. The summed E-state index contributed by atoms with van der Waals surface area (Å²) in [6.07, 6.45) is 1.70. The van der Waals surface area contributed by atoms with Crippen molar-refractivity contribution in [1.82, 2.24) is 14.4 Å². The standard InChI is InChI=1S/C24H27N3O4/c1-2-30-20-8-6-19(7-9-20)17-25-13-15-26(16-14-25)24(29)22-11-10-21(31-22)18-27-12-4-3-5-23(27)28/h3-12H,2,13-18H2,1H3. The maximum Gasteiger partial charge on any atom is 0.289 e. The van der Waals surface area contributed by atoms with Gasteiger partial charge >= 0.3 is 0 Å². The van der Waals surface area contributed by atoms with Crippen LogP contribution in [0.3, 0.4) is 0 Å². The Bertz CT molecular complexity index is 1060. The summed E-state index contributed by atoms with van der Waals surface area (Å²) in [6, 6.07) is 16.6. The number of hydrogen-bond acceptors (Lipinski definition) is 5. The Morgan fingerprint density at radius 3 is 2.45 bits per heavy atom. The van der Waals surface area contributed by atoms with E-state index in [2.05, 4.69) is 17.0 Å². The van der Waals surface area contributed by atoms with Gasteiger partial charge in [-0.15, -0.1) is 0 Å². The minimum Gasteiger partial charge on any atom is -0.494 e. The van der Waals surface area contributed by atoms with Gasteiger partial charge in [-0.2, -0.15) is 0 Å². The molecule has 0 atom stereocenters. The van der Waals surface area contributed by atoms with Crippen LogP contribution in [0.2, 0.25) is 0 Å². The van der Waals surface area contributed by atoms with Crippen molar-refractivity contribution in [2.75, 3.05) is 32.8 Å². The molecule has 1 aliphatic heterocycles. The fraction of sp³-hybridized carbons (Fsp3) is 0.333. The van der Waals surface area contributed by atoms with Gasteiger partial charge in [-0.1, -0.05) is 18.2 Å². The monoisotopic (exact) mass is 421 g/mol. The summed E-state index contributed by atoms with van der Waals surface area (Å²) < 4.78 is 12.8. The first-order valence-corrected chi connectivity index (χ1v) is 10.6. The molecule has 2 aromatic heterocycles. The topological polar surface area (TPSA) is 67.9 Å². The average molecular weight is 421 g/mol. The Kier molecular flexibility index (Phi) is 6.52. The first-order chi connectivity index (χ1) is 15.1. The van der Waals surface area contributed by atoms with E-state index in [9.17, 15) is 9.59 Å². The number of piperazine rings is 1. The average Bonchev–Trinajstić information content (AvgIpc) is 3.25. The summed E-state index contributed by atoms with van der Waals surface area (Å²) in [5.41, 5.74) is 1.13. The summed E-state index contributed by atoms with van der Waals surface area (Å²) in [7, 11) is 0. The number of furan rings is 1. The van der Waals surface area contributed by atoms with E-state index in [1.54, 1.807) is 35.0 Å². The minimum atomic E-state index is -0.104. The van der Waals surface area contributed by atoms with Gasteiger partial charge in [-0.05, 0) is 42.8 Å². The van der Waals surface area contributed by atoms with Crippen molar-refractivity contribution >= 4 is 5.91 Å². The molecule has 1 aromatic carbocycles. The SMILES string of the molecule is CCOc1ccc(CN2CCN(C(=O)c3ccc(Cn4ccccc4=O)o3)CC2)cc1. The molecule has 1 saturated heterocycles. The van der Waals surface area contributed by atoms with Crippen LogP contribution in [-0.2, 0) is 13.1 Å². The smallest absolute Gasteiger partial charge is 0.289 e. The van der Waals surface area contributed by atoms with Crippen LogP contribution in [0.1, 0.15) is 28.8 Å². The third-order valence-electron chi connectivity index (χ3n) is 5.40. The van der Waals surface area contributed by atoms with Crippen molar-refractivity contribution in [2.24, 2.45) is 0 Å². The van der Waals surface area contributed by atoms with Crippen molar-refractivity contribution in [1.29, 1.82) is 0 Å². The Morgan fingerprint density at radius 1 is 0.968 bits per heavy atom. The van der Waals surface area contributed by atoms with Gasteiger partial charge in [0.15, 0.2) is 5.76 Å². The van der Waals surface area contributed by atoms with Gasteiger partial charge in [-0.3, -0.25) is 14.5 Å². The normalized spacial score (nSPS) is 14.5. The molecule has 0 unspecified atom stereocenters. The molecule has 3 aromatic rings. The molecule has 1 amide bonds. The molecule has 4 rings (SSSR count). The van der Waals surface area contributed by atoms with Gasteiger partial charge in [0.05, 0.1) is 13.2 Å². The predicted molar refractivity (Wildman–Crippen MR) is 117 cm³/mol. The second-order valence-electron chi connectivity index (χ2n) is 7.58. The number of pyridine rings is 1. The van der Waals surface area contributed by atoms with Crippen molar-refractivity contribution in [3.8, 4) is 5.75 Å². The molecule has 3 heterocycles. The maximum absolute atomic E-state index is 12.8. The first-order valence-electron chi connectivity index (χ1n) is 10.6. The van der Waals surface area contributed by atoms with Crippen LogP contribution in [0.4, 0.5) is 0 Å². The molecule has 162 valence electrons. The van der Waals surface area contributed by atoms with Crippen LogP contribution < -0.4 is 10.3 Å². The van der Waals surface area contributed by atoms with E-state index in [1.807, 2.05) is 24.0 Å². The molecule has 1 fully saturated rings. The van der Waals surface area contributed by atoms with Crippen LogP contribution in [0.25, 0.3) is 0 Å². The summed E-state index contributed by atoms with van der Waals surface area (Å²) >= 11 is 0. The minimum absolute atomic E-state index is 0.101. The lowest BCUT2D eigenvalue weighted by Gasteiger charge is -2.34. The lowest BCUT2D eigenvalue weighted by molar-refractivity contribution is 0.0596. The number of carbonyl (C=O) groups is 1. The highest BCUT2D eigenvalue weighted by Gasteiger charge is 2.24. The number of benzene rings is 1. The maximum atomic E-state index is 12.8. The molecule has 0 bridgehead atoms. The summed E-state index contributed by atoms with van der Waals surface area (Å²) in [5.74, 6) is 1.69. The van der Waals surface area contributed by atoms with E-state index in [0.29, 0.717) is 37.8 Å². The molecule has 0 N–H and O–H groups in total. The Labute approximate surface area is 181 Å². The summed E-state index contributed by atoms with van der Waals surface area (Å²) in [6.45, 7) is 6.74. The van der Waals surface area contributed by atoms with Crippen LogP contribution in [0.5, 0.6) is 5.75 Å². The quantitative estimate of drug-likeness (QED) is 0.587. The van der Waals surface area contributed by atoms with Crippen molar-refractivity contribution in [3.05, 3.63) is 88.2 Å². The number of rotatable bonds is 7. The third kappa shape index (κ3) is 5.24. The zero-order chi connectivity index (χ0) is 21.6. The molecule has 7 heteroatoms. The Hall–Kier alpha value is -3.32. The van der Waals surface area contributed by atoms with Gasteiger partial charge in [0, 0.05) is 45.0 Å². The number of hydrogen-bond donors (Lipinski definition) is 0. The van der Waals surface area contributed by atoms with E-state index >= 15 is 0 Å². The van der Waals surface area contributed by atoms with Gasteiger partial charge < -0.3 is 18.6 Å². The predicted octanol–water partition coefficient (Wildman–Crippen LogP) is 2.85. The Balaban J connectivity index is 1.30. The second-order valence-corrected chi connectivity index (χ2v) is 7.58. The highest BCUT2D eigenvalue weighted by Crippen LogP contribution is 2.17. The lowest BCUT2D eigenvalue weighted by atomic mass is 10.2. The van der Waals surface area contributed by atoms with Crippen molar-refractivity contribution < 1.29 is 13.9 Å². The molecule has 31 heavy (non-hydrogen) atoms.